The molecule has 5 rings (SSSR count). The van der Waals surface area contributed by atoms with E-state index in [1.54, 1.807) is 0 Å². The van der Waals surface area contributed by atoms with Crippen molar-refractivity contribution in [1.29, 1.82) is 0 Å². The molecular weight excluding hydrogens is 300 g/mol. The van der Waals surface area contributed by atoms with E-state index in [-0.39, 0.29) is 0 Å². The first kappa shape index (κ1) is 13.7. The summed E-state index contributed by atoms with van der Waals surface area (Å²) in [6.45, 7) is 2.16. The van der Waals surface area contributed by atoms with Crippen molar-refractivity contribution < 1.29 is 0 Å². The molecule has 4 aromatic rings. The molecule has 6 nitrogen and oxygen atoms in total. The fourth-order valence-corrected chi connectivity index (χ4v) is 3.59. The second kappa shape index (κ2) is 5.42. The van der Waals surface area contributed by atoms with Crippen LogP contribution < -0.4 is 5.32 Å². The van der Waals surface area contributed by atoms with Crippen molar-refractivity contribution in [3.05, 3.63) is 42.2 Å². The van der Waals surface area contributed by atoms with Gasteiger partial charge in [-0.1, -0.05) is 0 Å². The highest BCUT2D eigenvalue weighted by atomic mass is 15.2. The molecule has 3 N–H and O–H groups in total. The molecule has 0 aromatic carbocycles. The number of rotatable bonds is 2. The monoisotopic (exact) mass is 318 g/mol. The van der Waals surface area contributed by atoms with Crippen LogP contribution in [-0.4, -0.2) is 38.2 Å². The van der Waals surface area contributed by atoms with E-state index in [0.29, 0.717) is 5.92 Å². The maximum atomic E-state index is 4.56. The molecule has 120 valence electrons. The molecule has 0 saturated carbocycles. The molecule has 24 heavy (non-hydrogen) atoms. The van der Waals surface area contributed by atoms with Gasteiger partial charge in [-0.2, -0.15) is 5.10 Å². The Morgan fingerprint density at radius 3 is 2.88 bits per heavy atom. The number of aromatic amines is 2. The topological polar surface area (TPSA) is 82.3 Å². The molecule has 1 aliphatic rings. The third-order valence-corrected chi connectivity index (χ3v) is 4.90. The number of piperidine rings is 1. The average molecular weight is 318 g/mol. The third kappa shape index (κ3) is 2.18. The summed E-state index contributed by atoms with van der Waals surface area (Å²) in [5.41, 5.74) is 6.02. The number of pyridine rings is 2. The van der Waals surface area contributed by atoms with Gasteiger partial charge in [-0.3, -0.25) is 10.1 Å². The molecule has 4 aromatic heterocycles. The smallest absolute Gasteiger partial charge is 0.181 e. The standard InChI is InChI=1S/C18H18N6/c1-2-14-15(20-5-1)9-16(22-14)17-13-8-12(10-21-18(13)24-23-17)11-3-6-19-7-4-11/h1-2,5,8-11,19,22H,3-4,6-7H2,(H,21,23,24). The lowest BCUT2D eigenvalue weighted by atomic mass is 9.91. The van der Waals surface area contributed by atoms with Crippen LogP contribution in [0.5, 0.6) is 0 Å². The van der Waals surface area contributed by atoms with E-state index >= 15 is 0 Å². The van der Waals surface area contributed by atoms with E-state index < -0.39 is 0 Å². The van der Waals surface area contributed by atoms with Crippen LogP contribution in [0.3, 0.4) is 0 Å². The van der Waals surface area contributed by atoms with Gasteiger partial charge < -0.3 is 10.3 Å². The highest BCUT2D eigenvalue weighted by molar-refractivity contribution is 5.93. The lowest BCUT2D eigenvalue weighted by Crippen LogP contribution is -2.26. The number of hydrogen-bond donors (Lipinski definition) is 3. The van der Waals surface area contributed by atoms with Gasteiger partial charge in [0.05, 0.1) is 22.4 Å². The number of H-pyrrole nitrogens is 2. The minimum absolute atomic E-state index is 0.579. The van der Waals surface area contributed by atoms with Gasteiger partial charge in [-0.15, -0.1) is 0 Å². The molecular formula is C18H18N6. The summed E-state index contributed by atoms with van der Waals surface area (Å²) >= 11 is 0. The number of nitrogens with zero attached hydrogens (tertiary/aromatic N) is 3. The largest absolute Gasteiger partial charge is 0.352 e. The van der Waals surface area contributed by atoms with E-state index in [1.807, 2.05) is 24.5 Å². The van der Waals surface area contributed by atoms with Gasteiger partial charge >= 0.3 is 0 Å². The van der Waals surface area contributed by atoms with Gasteiger partial charge in [-0.05, 0) is 61.7 Å². The SMILES string of the molecule is c1cnc2cc(-c3[nH]nc4ncc(C5CCNCC5)cc34)[nH]c2c1. The van der Waals surface area contributed by atoms with E-state index in [0.717, 1.165) is 59.4 Å². The minimum atomic E-state index is 0.579. The second-order valence-corrected chi connectivity index (χ2v) is 6.38. The van der Waals surface area contributed by atoms with Crippen molar-refractivity contribution in [3.8, 4) is 11.4 Å². The normalized spacial score (nSPS) is 16.2. The van der Waals surface area contributed by atoms with Gasteiger partial charge in [0.25, 0.3) is 0 Å². The Morgan fingerprint density at radius 2 is 2.00 bits per heavy atom. The first-order valence-corrected chi connectivity index (χ1v) is 8.37. The number of nitrogens with one attached hydrogen (secondary N) is 3. The first-order chi connectivity index (χ1) is 11.9. The molecule has 0 bridgehead atoms. The van der Waals surface area contributed by atoms with Crippen LogP contribution in [0.2, 0.25) is 0 Å². The zero-order valence-corrected chi connectivity index (χ0v) is 13.2. The highest BCUT2D eigenvalue weighted by Gasteiger charge is 2.18. The van der Waals surface area contributed by atoms with Crippen molar-refractivity contribution in [2.24, 2.45) is 0 Å². The first-order valence-electron chi connectivity index (χ1n) is 8.37. The predicted octanol–water partition coefficient (Wildman–Crippen LogP) is 2.97. The van der Waals surface area contributed by atoms with E-state index in [1.165, 1.54) is 5.56 Å². The molecule has 5 heterocycles. The predicted molar refractivity (Wildman–Crippen MR) is 93.8 cm³/mol. The Balaban J connectivity index is 1.62. The molecule has 0 radical (unpaired) electrons. The fourth-order valence-electron chi connectivity index (χ4n) is 3.59. The van der Waals surface area contributed by atoms with Crippen LogP contribution in [0.15, 0.2) is 36.7 Å². The average Bonchev–Trinajstić information content (AvgIpc) is 3.25. The molecule has 6 heteroatoms. The van der Waals surface area contributed by atoms with E-state index in [4.69, 9.17) is 0 Å². The van der Waals surface area contributed by atoms with Crippen LogP contribution in [0.1, 0.15) is 24.3 Å². The molecule has 1 aliphatic heterocycles. The molecule has 0 atom stereocenters. The van der Waals surface area contributed by atoms with Crippen molar-refractivity contribution in [2.45, 2.75) is 18.8 Å². The Hall–Kier alpha value is -2.73. The maximum Gasteiger partial charge on any atom is 0.181 e. The maximum absolute atomic E-state index is 4.56. The van der Waals surface area contributed by atoms with E-state index in [9.17, 15) is 0 Å². The lowest BCUT2D eigenvalue weighted by Gasteiger charge is -2.22. The molecule has 0 aliphatic carbocycles. The Labute approximate surface area is 138 Å². The molecule has 0 spiro atoms. The summed E-state index contributed by atoms with van der Waals surface area (Å²) in [4.78, 5) is 12.4. The molecule has 0 unspecified atom stereocenters. The summed E-state index contributed by atoms with van der Waals surface area (Å²) in [7, 11) is 0. The summed E-state index contributed by atoms with van der Waals surface area (Å²) in [5, 5.41) is 12.0. The van der Waals surface area contributed by atoms with Crippen molar-refractivity contribution >= 4 is 22.1 Å². The quantitative estimate of drug-likeness (QED) is 0.531. The van der Waals surface area contributed by atoms with Gasteiger partial charge in [0, 0.05) is 17.8 Å². The summed E-state index contributed by atoms with van der Waals surface area (Å²) < 4.78 is 0. The summed E-state index contributed by atoms with van der Waals surface area (Å²) in [6, 6.07) is 8.27. The zero-order chi connectivity index (χ0) is 15.9. The summed E-state index contributed by atoms with van der Waals surface area (Å²) in [5.74, 6) is 0.579. The number of aromatic nitrogens is 5. The van der Waals surface area contributed by atoms with Crippen LogP contribution in [0.25, 0.3) is 33.5 Å². The van der Waals surface area contributed by atoms with Gasteiger partial charge in [0.2, 0.25) is 0 Å². The number of hydrogen-bond acceptors (Lipinski definition) is 4. The minimum Gasteiger partial charge on any atom is -0.352 e. The van der Waals surface area contributed by atoms with Gasteiger partial charge in [0.15, 0.2) is 5.65 Å². The highest BCUT2D eigenvalue weighted by Crippen LogP contribution is 2.31. The van der Waals surface area contributed by atoms with Crippen molar-refractivity contribution in [3.63, 3.8) is 0 Å². The molecule has 0 amide bonds. The van der Waals surface area contributed by atoms with Gasteiger partial charge in [-0.25, -0.2) is 4.98 Å². The second-order valence-electron chi connectivity index (χ2n) is 6.38. The lowest BCUT2D eigenvalue weighted by molar-refractivity contribution is 0.460. The van der Waals surface area contributed by atoms with Gasteiger partial charge in [0.1, 0.15) is 0 Å². The molecule has 1 saturated heterocycles. The Kier molecular flexibility index (Phi) is 3.09. The zero-order valence-electron chi connectivity index (χ0n) is 13.2. The van der Waals surface area contributed by atoms with Crippen LogP contribution in [-0.2, 0) is 0 Å². The van der Waals surface area contributed by atoms with Crippen LogP contribution >= 0.6 is 0 Å². The van der Waals surface area contributed by atoms with E-state index in [2.05, 4.69) is 42.6 Å². The number of fused-ring (bicyclic) bond motifs is 2. The van der Waals surface area contributed by atoms with Crippen molar-refractivity contribution in [1.82, 2.24) is 30.5 Å². The Morgan fingerprint density at radius 1 is 1.08 bits per heavy atom. The van der Waals surface area contributed by atoms with Crippen molar-refractivity contribution in [2.75, 3.05) is 13.1 Å². The Bertz CT molecular complexity index is 976. The molecule has 1 fully saturated rings. The van der Waals surface area contributed by atoms with Crippen LogP contribution in [0.4, 0.5) is 0 Å². The van der Waals surface area contributed by atoms with Crippen LogP contribution in [0, 0.1) is 0 Å². The summed E-state index contributed by atoms with van der Waals surface area (Å²) in [6.07, 6.45) is 6.12. The third-order valence-electron chi connectivity index (χ3n) is 4.90. The fraction of sp³-hybridized carbons (Fsp3) is 0.278.